The first-order chi connectivity index (χ1) is 14.4. The number of hydrogen-bond donors (Lipinski definition) is 2. The zero-order valence-corrected chi connectivity index (χ0v) is 18.0. The van der Waals surface area contributed by atoms with Gasteiger partial charge in [0.05, 0.1) is 18.8 Å². The predicted molar refractivity (Wildman–Crippen MR) is 116 cm³/mol. The van der Waals surface area contributed by atoms with Crippen molar-refractivity contribution in [3.05, 3.63) is 59.2 Å². The van der Waals surface area contributed by atoms with E-state index < -0.39 is 16.8 Å². The van der Waals surface area contributed by atoms with Crippen molar-refractivity contribution in [3.8, 4) is 11.5 Å². The third-order valence-corrected chi connectivity index (χ3v) is 5.38. The molecule has 7 nitrogen and oxygen atoms in total. The van der Waals surface area contributed by atoms with Gasteiger partial charge in [-0.2, -0.15) is 0 Å². The SMILES string of the molecule is CCOc1ccc(CCNC(=O)CS(=O)Cc2cccc(C(=O)O)c2)cc1OCC. The molecule has 8 heteroatoms. The first kappa shape index (κ1) is 23.4. The number of carbonyl (C=O) groups excluding carboxylic acids is 1. The number of carbonyl (C=O) groups is 2. The molecule has 0 aliphatic rings. The Morgan fingerprint density at radius 1 is 1.00 bits per heavy atom. The fourth-order valence-electron chi connectivity index (χ4n) is 2.83. The van der Waals surface area contributed by atoms with Crippen LogP contribution in [0.25, 0.3) is 0 Å². The lowest BCUT2D eigenvalue weighted by Gasteiger charge is -2.12. The molecule has 1 atom stereocenters. The standard InChI is InChI=1S/C22H27NO6S/c1-3-28-19-9-8-16(13-20(19)29-4-2)10-11-23-21(24)15-30(27)14-17-6-5-7-18(12-17)22(25)26/h5-9,12-13H,3-4,10-11,14-15H2,1-2H3,(H,23,24)(H,25,26). The highest BCUT2D eigenvalue weighted by atomic mass is 32.2. The van der Waals surface area contributed by atoms with Gasteiger partial charge in [-0.3, -0.25) is 9.00 Å². The van der Waals surface area contributed by atoms with Crippen molar-refractivity contribution < 1.29 is 28.4 Å². The molecule has 2 N–H and O–H groups in total. The Morgan fingerprint density at radius 3 is 2.43 bits per heavy atom. The summed E-state index contributed by atoms with van der Waals surface area (Å²) in [6, 6.07) is 11.9. The number of amides is 1. The number of benzene rings is 2. The molecule has 2 aromatic rings. The van der Waals surface area contributed by atoms with Gasteiger partial charge in [-0.15, -0.1) is 0 Å². The van der Waals surface area contributed by atoms with Crippen LogP contribution in [0.4, 0.5) is 0 Å². The quantitative estimate of drug-likeness (QED) is 0.534. The largest absolute Gasteiger partial charge is 0.490 e. The molecular formula is C22H27NO6S. The molecule has 0 fully saturated rings. The molecule has 0 saturated heterocycles. The van der Waals surface area contributed by atoms with Crippen molar-refractivity contribution in [3.63, 3.8) is 0 Å². The van der Waals surface area contributed by atoms with E-state index in [1.165, 1.54) is 12.1 Å². The van der Waals surface area contributed by atoms with Gasteiger partial charge in [0, 0.05) is 23.1 Å². The van der Waals surface area contributed by atoms with E-state index in [-0.39, 0.29) is 23.0 Å². The van der Waals surface area contributed by atoms with Crippen molar-refractivity contribution in [2.24, 2.45) is 0 Å². The maximum absolute atomic E-state index is 12.2. The smallest absolute Gasteiger partial charge is 0.335 e. The summed E-state index contributed by atoms with van der Waals surface area (Å²) in [4.78, 5) is 23.1. The minimum absolute atomic E-state index is 0.130. The molecule has 0 saturated carbocycles. The Bertz CT molecular complexity index is 899. The average Bonchev–Trinajstić information content (AvgIpc) is 2.70. The van der Waals surface area contributed by atoms with E-state index in [1.807, 2.05) is 32.0 Å². The van der Waals surface area contributed by atoms with E-state index in [0.717, 1.165) is 5.56 Å². The maximum Gasteiger partial charge on any atom is 0.335 e. The van der Waals surface area contributed by atoms with Gasteiger partial charge >= 0.3 is 5.97 Å². The van der Waals surface area contributed by atoms with Gasteiger partial charge in [-0.25, -0.2) is 4.79 Å². The summed E-state index contributed by atoms with van der Waals surface area (Å²) < 4.78 is 23.4. The van der Waals surface area contributed by atoms with Crippen LogP contribution >= 0.6 is 0 Å². The van der Waals surface area contributed by atoms with Crippen LogP contribution in [0.3, 0.4) is 0 Å². The molecule has 30 heavy (non-hydrogen) atoms. The molecule has 0 heterocycles. The highest BCUT2D eigenvalue weighted by molar-refractivity contribution is 7.84. The Labute approximate surface area is 178 Å². The molecule has 1 amide bonds. The van der Waals surface area contributed by atoms with Gasteiger partial charge in [0.1, 0.15) is 5.75 Å². The summed E-state index contributed by atoms with van der Waals surface area (Å²) in [5.41, 5.74) is 1.75. The summed E-state index contributed by atoms with van der Waals surface area (Å²) in [7, 11) is -1.42. The van der Waals surface area contributed by atoms with Crippen molar-refractivity contribution >= 4 is 22.7 Å². The summed E-state index contributed by atoms with van der Waals surface area (Å²) in [6.45, 7) is 5.30. The summed E-state index contributed by atoms with van der Waals surface area (Å²) in [5.74, 6) is 0.0128. The van der Waals surface area contributed by atoms with Crippen LogP contribution in [-0.4, -0.2) is 46.7 Å². The first-order valence-electron chi connectivity index (χ1n) is 9.75. The van der Waals surface area contributed by atoms with Crippen LogP contribution in [0, 0.1) is 0 Å². The normalized spacial score (nSPS) is 11.5. The third-order valence-electron chi connectivity index (χ3n) is 4.14. The van der Waals surface area contributed by atoms with Crippen molar-refractivity contribution in [2.75, 3.05) is 25.5 Å². The predicted octanol–water partition coefficient (Wildman–Crippen LogP) is 2.79. The van der Waals surface area contributed by atoms with Crippen molar-refractivity contribution in [1.82, 2.24) is 5.32 Å². The van der Waals surface area contributed by atoms with Crippen LogP contribution in [-0.2, 0) is 27.8 Å². The van der Waals surface area contributed by atoms with Crippen LogP contribution in [0.15, 0.2) is 42.5 Å². The van der Waals surface area contributed by atoms with E-state index in [0.29, 0.717) is 43.2 Å². The Balaban J connectivity index is 1.82. The lowest BCUT2D eigenvalue weighted by atomic mass is 10.1. The molecule has 2 rings (SSSR count). The van der Waals surface area contributed by atoms with Gasteiger partial charge < -0.3 is 19.9 Å². The van der Waals surface area contributed by atoms with E-state index in [9.17, 15) is 13.8 Å². The molecule has 1 unspecified atom stereocenters. The van der Waals surface area contributed by atoms with E-state index in [4.69, 9.17) is 14.6 Å². The molecule has 0 radical (unpaired) electrons. The second-order valence-corrected chi connectivity index (χ2v) is 7.94. The van der Waals surface area contributed by atoms with Gasteiger partial charge in [0.2, 0.25) is 5.91 Å². The number of ether oxygens (including phenoxy) is 2. The van der Waals surface area contributed by atoms with E-state index in [2.05, 4.69) is 5.32 Å². The lowest BCUT2D eigenvalue weighted by Crippen LogP contribution is -2.30. The summed E-state index contributed by atoms with van der Waals surface area (Å²) in [5, 5.41) is 11.8. The highest BCUT2D eigenvalue weighted by Crippen LogP contribution is 2.28. The molecule has 0 spiro atoms. The van der Waals surface area contributed by atoms with Gasteiger partial charge in [0.15, 0.2) is 11.5 Å². The van der Waals surface area contributed by atoms with E-state index in [1.54, 1.807) is 12.1 Å². The minimum atomic E-state index is -1.42. The zero-order valence-electron chi connectivity index (χ0n) is 17.2. The Kier molecular flexibility index (Phi) is 9.34. The lowest BCUT2D eigenvalue weighted by molar-refractivity contribution is -0.118. The molecule has 0 aliphatic carbocycles. The second-order valence-electron chi connectivity index (χ2n) is 6.48. The number of carboxylic acids is 1. The monoisotopic (exact) mass is 433 g/mol. The number of hydrogen-bond acceptors (Lipinski definition) is 5. The summed E-state index contributed by atoms with van der Waals surface area (Å²) in [6.07, 6.45) is 0.603. The summed E-state index contributed by atoms with van der Waals surface area (Å²) >= 11 is 0. The first-order valence-corrected chi connectivity index (χ1v) is 11.2. The van der Waals surface area contributed by atoms with Crippen LogP contribution in [0.2, 0.25) is 0 Å². The topological polar surface area (TPSA) is 102 Å². The van der Waals surface area contributed by atoms with Gasteiger partial charge in [-0.1, -0.05) is 18.2 Å². The maximum atomic E-state index is 12.2. The highest BCUT2D eigenvalue weighted by Gasteiger charge is 2.11. The van der Waals surface area contributed by atoms with Crippen LogP contribution in [0.5, 0.6) is 11.5 Å². The fourth-order valence-corrected chi connectivity index (χ4v) is 3.87. The second kappa shape index (κ2) is 12.0. The van der Waals surface area contributed by atoms with Crippen LogP contribution in [0.1, 0.15) is 35.3 Å². The number of nitrogens with one attached hydrogen (secondary N) is 1. The van der Waals surface area contributed by atoms with Gasteiger partial charge in [0.25, 0.3) is 0 Å². The molecular weight excluding hydrogens is 406 g/mol. The van der Waals surface area contributed by atoms with Crippen molar-refractivity contribution in [1.29, 1.82) is 0 Å². The van der Waals surface area contributed by atoms with Crippen molar-refractivity contribution in [2.45, 2.75) is 26.0 Å². The molecule has 0 bridgehead atoms. The minimum Gasteiger partial charge on any atom is -0.490 e. The molecule has 2 aromatic carbocycles. The number of carboxylic acid groups (broad SMARTS) is 1. The van der Waals surface area contributed by atoms with E-state index >= 15 is 0 Å². The average molecular weight is 434 g/mol. The number of aromatic carboxylic acids is 1. The Morgan fingerprint density at radius 2 is 1.73 bits per heavy atom. The van der Waals surface area contributed by atoms with Gasteiger partial charge in [-0.05, 0) is 55.7 Å². The van der Waals surface area contributed by atoms with Crippen LogP contribution < -0.4 is 14.8 Å². The fraction of sp³-hybridized carbons (Fsp3) is 0.364. The zero-order chi connectivity index (χ0) is 21.9. The molecule has 0 aromatic heterocycles. The molecule has 162 valence electrons. The molecule has 0 aliphatic heterocycles. The number of rotatable bonds is 12. The third kappa shape index (κ3) is 7.51. The Hall–Kier alpha value is -2.87.